The molecule has 0 aliphatic carbocycles. The van der Waals surface area contributed by atoms with Crippen LogP contribution in [0.2, 0.25) is 0 Å². The van der Waals surface area contributed by atoms with Gasteiger partial charge in [0.05, 0.1) is 11.4 Å². The first-order chi connectivity index (χ1) is 18.0. The second-order valence-electron chi connectivity index (χ2n) is 8.83. The van der Waals surface area contributed by atoms with Gasteiger partial charge in [0.1, 0.15) is 10.7 Å². The molecule has 1 aliphatic rings. The third-order valence-corrected chi connectivity index (χ3v) is 7.26. The standard InChI is InChI=1S/C27H23N7O2S/c1-33-15-12-27(36,25(33)35)19-7-5-6-18(16-19)24-29-22(17-37-24)21-10-13-28-26(30-21)31-23-11-14-34(32-23)20-8-3-2-4-9-20/h2-11,13-14,16-17,36H,12,15H2,1H3,(H,28,30,31,32)/t27-/m1/s1. The molecule has 0 saturated carbocycles. The number of nitrogens with zero attached hydrogens (tertiary/aromatic N) is 6. The Kier molecular flexibility index (Phi) is 5.74. The molecule has 0 bridgehead atoms. The van der Waals surface area contributed by atoms with Gasteiger partial charge in [-0.15, -0.1) is 11.3 Å². The summed E-state index contributed by atoms with van der Waals surface area (Å²) in [7, 11) is 1.71. The van der Waals surface area contributed by atoms with Gasteiger partial charge >= 0.3 is 0 Å². The van der Waals surface area contributed by atoms with Crippen LogP contribution in [0, 0.1) is 0 Å². The van der Waals surface area contributed by atoms with Crippen LogP contribution in [-0.2, 0) is 10.4 Å². The highest BCUT2D eigenvalue weighted by Crippen LogP contribution is 2.36. The van der Waals surface area contributed by atoms with E-state index in [1.165, 1.54) is 11.3 Å². The second-order valence-corrected chi connectivity index (χ2v) is 9.69. The van der Waals surface area contributed by atoms with Crippen LogP contribution in [0.15, 0.2) is 84.5 Å². The fourth-order valence-electron chi connectivity index (χ4n) is 4.35. The van der Waals surface area contributed by atoms with Gasteiger partial charge in [-0.25, -0.2) is 19.6 Å². The Bertz CT molecular complexity index is 1580. The molecule has 6 rings (SSSR count). The molecule has 1 atom stereocenters. The minimum Gasteiger partial charge on any atom is -0.375 e. The molecule has 1 saturated heterocycles. The number of benzene rings is 2. The maximum Gasteiger partial charge on any atom is 0.258 e. The average Bonchev–Trinajstić information content (AvgIpc) is 3.67. The van der Waals surface area contributed by atoms with E-state index >= 15 is 0 Å². The van der Waals surface area contributed by atoms with E-state index in [-0.39, 0.29) is 5.91 Å². The summed E-state index contributed by atoms with van der Waals surface area (Å²) < 4.78 is 1.78. The van der Waals surface area contributed by atoms with Gasteiger partial charge in [-0.2, -0.15) is 5.10 Å². The van der Waals surface area contributed by atoms with Crippen molar-refractivity contribution in [1.82, 2.24) is 29.6 Å². The molecule has 0 radical (unpaired) electrons. The monoisotopic (exact) mass is 509 g/mol. The Morgan fingerprint density at radius 3 is 2.70 bits per heavy atom. The fourth-order valence-corrected chi connectivity index (χ4v) is 5.16. The van der Waals surface area contributed by atoms with Crippen molar-refractivity contribution < 1.29 is 9.90 Å². The number of carbonyl (C=O) groups is 1. The molecule has 3 aromatic heterocycles. The molecule has 2 aromatic carbocycles. The molecule has 184 valence electrons. The lowest BCUT2D eigenvalue weighted by Crippen LogP contribution is -2.36. The van der Waals surface area contributed by atoms with Crippen LogP contribution in [0.5, 0.6) is 0 Å². The lowest BCUT2D eigenvalue weighted by Gasteiger charge is -2.21. The molecular formula is C27H23N7O2S. The van der Waals surface area contributed by atoms with Crippen molar-refractivity contribution in [3.05, 3.63) is 90.1 Å². The summed E-state index contributed by atoms with van der Waals surface area (Å²) in [5.74, 6) is 0.763. The number of hydrogen-bond donors (Lipinski definition) is 2. The van der Waals surface area contributed by atoms with Crippen LogP contribution >= 0.6 is 11.3 Å². The number of amides is 1. The van der Waals surface area contributed by atoms with Gasteiger partial charge in [0.15, 0.2) is 11.4 Å². The van der Waals surface area contributed by atoms with Crippen LogP contribution in [0.4, 0.5) is 11.8 Å². The number of thiazole rings is 1. The molecular weight excluding hydrogens is 486 g/mol. The molecule has 5 aromatic rings. The summed E-state index contributed by atoms with van der Waals surface area (Å²) in [4.78, 5) is 27.8. The van der Waals surface area contributed by atoms with Gasteiger partial charge < -0.3 is 15.3 Å². The number of likely N-dealkylation sites (N-methyl/N-ethyl adjacent to an activating group) is 1. The van der Waals surface area contributed by atoms with E-state index in [0.717, 1.165) is 16.3 Å². The third-order valence-electron chi connectivity index (χ3n) is 6.37. The van der Waals surface area contributed by atoms with E-state index in [1.807, 2.05) is 66.2 Å². The van der Waals surface area contributed by atoms with Crippen LogP contribution in [0.3, 0.4) is 0 Å². The molecule has 2 N–H and O–H groups in total. The Morgan fingerprint density at radius 1 is 1.03 bits per heavy atom. The Labute approximate surface area is 217 Å². The summed E-state index contributed by atoms with van der Waals surface area (Å²) in [6.07, 6.45) is 3.92. The highest BCUT2D eigenvalue weighted by atomic mass is 32.1. The number of aliphatic hydroxyl groups is 1. The number of aromatic nitrogens is 5. The normalized spacial score (nSPS) is 17.4. The zero-order chi connectivity index (χ0) is 25.4. The smallest absolute Gasteiger partial charge is 0.258 e. The number of carbonyl (C=O) groups excluding carboxylic acids is 1. The predicted octanol–water partition coefficient (Wildman–Crippen LogP) is 4.25. The summed E-state index contributed by atoms with van der Waals surface area (Å²) >= 11 is 1.48. The molecule has 37 heavy (non-hydrogen) atoms. The van der Waals surface area contributed by atoms with E-state index < -0.39 is 5.60 Å². The number of anilines is 2. The minimum atomic E-state index is -1.49. The number of rotatable bonds is 6. The van der Waals surface area contributed by atoms with Crippen LogP contribution < -0.4 is 5.32 Å². The third kappa shape index (κ3) is 4.37. The van der Waals surface area contributed by atoms with Gasteiger partial charge in [-0.05, 0) is 29.8 Å². The predicted molar refractivity (Wildman–Crippen MR) is 142 cm³/mol. The maximum atomic E-state index is 12.5. The highest BCUT2D eigenvalue weighted by molar-refractivity contribution is 7.13. The second kappa shape index (κ2) is 9.23. The van der Waals surface area contributed by atoms with Crippen molar-refractivity contribution in [1.29, 1.82) is 0 Å². The molecule has 9 nitrogen and oxygen atoms in total. The van der Waals surface area contributed by atoms with E-state index in [9.17, 15) is 9.90 Å². The van der Waals surface area contributed by atoms with Gasteiger partial charge in [-0.3, -0.25) is 4.79 Å². The maximum absolute atomic E-state index is 12.5. The Morgan fingerprint density at radius 2 is 1.89 bits per heavy atom. The van der Waals surface area contributed by atoms with Crippen LogP contribution in [-0.4, -0.2) is 54.2 Å². The number of nitrogens with one attached hydrogen (secondary N) is 1. The van der Waals surface area contributed by atoms with Crippen molar-refractivity contribution in [2.45, 2.75) is 12.0 Å². The SMILES string of the molecule is CN1CC[C@@](O)(c2cccc(-c3nc(-c4ccnc(Nc5ccn(-c6ccccc6)n5)n4)cs3)c2)C1=O. The first kappa shape index (κ1) is 23.0. The van der Waals surface area contributed by atoms with Gasteiger partial charge in [-0.1, -0.05) is 36.4 Å². The van der Waals surface area contributed by atoms with Gasteiger partial charge in [0, 0.05) is 49.4 Å². The largest absolute Gasteiger partial charge is 0.375 e. The van der Waals surface area contributed by atoms with Crippen molar-refractivity contribution in [2.24, 2.45) is 0 Å². The van der Waals surface area contributed by atoms with Crippen LogP contribution in [0.25, 0.3) is 27.6 Å². The van der Waals surface area contributed by atoms with Crippen molar-refractivity contribution in [3.63, 3.8) is 0 Å². The van der Waals surface area contributed by atoms with Crippen molar-refractivity contribution in [3.8, 4) is 27.6 Å². The van der Waals surface area contributed by atoms with Crippen LogP contribution in [0.1, 0.15) is 12.0 Å². The highest BCUT2D eigenvalue weighted by Gasteiger charge is 2.45. The summed E-state index contributed by atoms with van der Waals surface area (Å²) in [6.45, 7) is 0.525. The first-order valence-electron chi connectivity index (χ1n) is 11.8. The first-order valence-corrected chi connectivity index (χ1v) is 12.6. The molecule has 4 heterocycles. The lowest BCUT2D eigenvalue weighted by atomic mass is 9.91. The summed E-state index contributed by atoms with van der Waals surface area (Å²) in [6, 6.07) is 20.9. The van der Waals surface area contributed by atoms with Crippen molar-refractivity contribution >= 4 is 29.0 Å². The van der Waals surface area contributed by atoms with Crippen molar-refractivity contribution in [2.75, 3.05) is 18.9 Å². The molecule has 0 spiro atoms. The fraction of sp³-hybridized carbons (Fsp3) is 0.148. The topological polar surface area (TPSA) is 109 Å². The zero-order valence-corrected chi connectivity index (χ0v) is 20.8. The average molecular weight is 510 g/mol. The molecule has 1 fully saturated rings. The molecule has 1 aliphatic heterocycles. The number of likely N-dealkylation sites (tertiary alicyclic amines) is 1. The zero-order valence-electron chi connectivity index (χ0n) is 19.9. The molecule has 1 amide bonds. The molecule has 0 unspecified atom stereocenters. The van der Waals surface area contributed by atoms with Gasteiger partial charge in [0.2, 0.25) is 5.95 Å². The lowest BCUT2D eigenvalue weighted by molar-refractivity contribution is -0.143. The van der Waals surface area contributed by atoms with E-state index in [1.54, 1.807) is 35.0 Å². The minimum absolute atomic E-state index is 0.279. The molecule has 10 heteroatoms. The summed E-state index contributed by atoms with van der Waals surface area (Å²) in [5.41, 5.74) is 2.26. The van der Waals surface area contributed by atoms with Gasteiger partial charge in [0.25, 0.3) is 5.91 Å². The summed E-state index contributed by atoms with van der Waals surface area (Å²) in [5, 5.41) is 21.4. The Balaban J connectivity index is 1.22. The van der Waals surface area contributed by atoms with E-state index in [4.69, 9.17) is 4.98 Å². The Hall–Kier alpha value is -4.41. The van der Waals surface area contributed by atoms with E-state index in [0.29, 0.717) is 41.7 Å². The number of hydrogen-bond acceptors (Lipinski definition) is 8. The number of para-hydroxylation sites is 1. The van der Waals surface area contributed by atoms with E-state index in [2.05, 4.69) is 20.4 Å². The quantitative estimate of drug-likeness (QED) is 0.352.